The van der Waals surface area contributed by atoms with E-state index in [1.807, 2.05) is 6.92 Å². The lowest BCUT2D eigenvalue weighted by atomic mass is 9.93. The first-order chi connectivity index (χ1) is 12.8. The van der Waals surface area contributed by atoms with Gasteiger partial charge in [-0.1, -0.05) is 17.7 Å². The largest absolute Gasteiger partial charge is 0.481 e. The van der Waals surface area contributed by atoms with E-state index >= 15 is 0 Å². The Morgan fingerprint density at radius 3 is 1.96 bits per heavy atom. The van der Waals surface area contributed by atoms with Crippen molar-refractivity contribution in [3.63, 3.8) is 0 Å². The molecular formula is C19H26N2O5S. The van der Waals surface area contributed by atoms with Crippen molar-refractivity contribution in [1.82, 2.24) is 9.21 Å². The topological polar surface area (TPSA) is 95.0 Å². The smallest absolute Gasteiger partial charge is 0.306 e. The number of amides is 1. The van der Waals surface area contributed by atoms with Gasteiger partial charge in [0.1, 0.15) is 0 Å². The summed E-state index contributed by atoms with van der Waals surface area (Å²) >= 11 is 0. The van der Waals surface area contributed by atoms with E-state index in [1.54, 1.807) is 29.2 Å². The second-order valence-electron chi connectivity index (χ2n) is 7.43. The SMILES string of the molecule is Cc1ccc(S(=O)(=O)N2CCC(C(=O)N3CCC(C(=O)O)CC3)CC2)cc1. The van der Waals surface area contributed by atoms with Crippen LogP contribution in [-0.4, -0.2) is 60.8 Å². The molecule has 2 heterocycles. The molecule has 0 aromatic heterocycles. The Morgan fingerprint density at radius 2 is 1.44 bits per heavy atom. The first kappa shape index (κ1) is 19.8. The minimum atomic E-state index is -3.53. The predicted molar refractivity (Wildman–Crippen MR) is 99.6 cm³/mol. The Morgan fingerprint density at radius 1 is 0.926 bits per heavy atom. The number of sulfonamides is 1. The summed E-state index contributed by atoms with van der Waals surface area (Å²) in [5.74, 6) is -1.31. The van der Waals surface area contributed by atoms with E-state index in [2.05, 4.69) is 0 Å². The normalized spacial score (nSPS) is 20.6. The van der Waals surface area contributed by atoms with Gasteiger partial charge >= 0.3 is 5.97 Å². The molecule has 2 fully saturated rings. The van der Waals surface area contributed by atoms with Crippen LogP contribution in [0.1, 0.15) is 31.2 Å². The van der Waals surface area contributed by atoms with Crippen LogP contribution < -0.4 is 0 Å². The van der Waals surface area contributed by atoms with E-state index in [-0.39, 0.29) is 22.6 Å². The molecule has 2 aliphatic heterocycles. The molecule has 1 aromatic carbocycles. The zero-order valence-corrected chi connectivity index (χ0v) is 16.3. The third kappa shape index (κ3) is 4.32. The van der Waals surface area contributed by atoms with Crippen LogP contribution in [0.15, 0.2) is 29.2 Å². The minimum Gasteiger partial charge on any atom is -0.481 e. The fourth-order valence-electron chi connectivity index (χ4n) is 3.81. The molecular weight excluding hydrogens is 368 g/mol. The Bertz CT molecular complexity index is 790. The van der Waals surface area contributed by atoms with Crippen molar-refractivity contribution in [2.24, 2.45) is 11.8 Å². The number of carbonyl (C=O) groups excluding carboxylic acids is 1. The summed E-state index contributed by atoms with van der Waals surface area (Å²) in [5, 5.41) is 9.06. The maximum atomic E-state index is 12.8. The number of carboxylic acids is 1. The first-order valence-electron chi connectivity index (χ1n) is 9.37. The third-order valence-corrected chi connectivity index (χ3v) is 7.53. The van der Waals surface area contributed by atoms with Gasteiger partial charge in [-0.15, -0.1) is 0 Å². The highest BCUT2D eigenvalue weighted by Crippen LogP contribution is 2.27. The van der Waals surface area contributed by atoms with E-state index < -0.39 is 16.0 Å². The number of piperidine rings is 2. The molecule has 3 rings (SSSR count). The number of benzene rings is 1. The summed E-state index contributed by atoms with van der Waals surface area (Å²) in [7, 11) is -3.53. The molecule has 148 valence electrons. The van der Waals surface area contributed by atoms with Crippen molar-refractivity contribution in [2.45, 2.75) is 37.5 Å². The molecule has 8 heteroatoms. The number of nitrogens with zero attached hydrogens (tertiary/aromatic N) is 2. The molecule has 7 nitrogen and oxygen atoms in total. The second-order valence-corrected chi connectivity index (χ2v) is 9.37. The maximum Gasteiger partial charge on any atom is 0.306 e. The van der Waals surface area contributed by atoms with Crippen molar-refractivity contribution in [2.75, 3.05) is 26.2 Å². The lowest BCUT2D eigenvalue weighted by molar-refractivity contribution is -0.147. The Labute approximate surface area is 160 Å². The molecule has 1 N–H and O–H groups in total. The lowest BCUT2D eigenvalue weighted by Crippen LogP contribution is -2.47. The number of hydrogen-bond donors (Lipinski definition) is 1. The van der Waals surface area contributed by atoms with Crippen LogP contribution in [0.3, 0.4) is 0 Å². The van der Waals surface area contributed by atoms with Gasteiger partial charge < -0.3 is 10.0 Å². The summed E-state index contributed by atoms with van der Waals surface area (Å²) < 4.78 is 27.0. The maximum absolute atomic E-state index is 12.8. The standard InChI is InChI=1S/C19H26N2O5S/c1-14-2-4-17(5-3-14)27(25,26)21-12-8-15(9-13-21)18(22)20-10-6-16(7-11-20)19(23)24/h2-5,15-16H,6-13H2,1H3,(H,23,24). The molecule has 2 saturated heterocycles. The molecule has 27 heavy (non-hydrogen) atoms. The summed E-state index contributed by atoms with van der Waals surface area (Å²) in [6, 6.07) is 6.80. The van der Waals surface area contributed by atoms with Gasteiger partial charge in [0.25, 0.3) is 0 Å². The summed E-state index contributed by atoms with van der Waals surface area (Å²) in [4.78, 5) is 25.8. The van der Waals surface area contributed by atoms with Crippen LogP contribution in [0.5, 0.6) is 0 Å². The molecule has 1 amide bonds. The van der Waals surface area contributed by atoms with Gasteiger partial charge in [0.05, 0.1) is 10.8 Å². The predicted octanol–water partition coefficient (Wildman–Crippen LogP) is 1.72. The molecule has 0 saturated carbocycles. The quantitative estimate of drug-likeness (QED) is 0.839. The summed E-state index contributed by atoms with van der Waals surface area (Å²) in [5.41, 5.74) is 1.00. The summed E-state index contributed by atoms with van der Waals surface area (Å²) in [6.45, 7) is 3.51. The van der Waals surface area contributed by atoms with Crippen LogP contribution >= 0.6 is 0 Å². The fourth-order valence-corrected chi connectivity index (χ4v) is 5.28. The average Bonchev–Trinajstić information content (AvgIpc) is 2.68. The van der Waals surface area contributed by atoms with Crippen molar-refractivity contribution >= 4 is 21.9 Å². The zero-order chi connectivity index (χ0) is 19.6. The third-order valence-electron chi connectivity index (χ3n) is 5.62. The van der Waals surface area contributed by atoms with Crippen LogP contribution in [0.4, 0.5) is 0 Å². The molecule has 0 unspecified atom stereocenters. The van der Waals surface area contributed by atoms with Gasteiger partial charge in [-0.3, -0.25) is 9.59 Å². The lowest BCUT2D eigenvalue weighted by Gasteiger charge is -2.36. The first-order valence-corrected chi connectivity index (χ1v) is 10.8. The van der Waals surface area contributed by atoms with Gasteiger partial charge in [0, 0.05) is 32.1 Å². The number of hydrogen-bond acceptors (Lipinski definition) is 4. The molecule has 0 atom stereocenters. The number of carboxylic acid groups (broad SMARTS) is 1. The zero-order valence-electron chi connectivity index (χ0n) is 15.5. The monoisotopic (exact) mass is 394 g/mol. The highest BCUT2D eigenvalue weighted by Gasteiger charge is 2.35. The van der Waals surface area contributed by atoms with Crippen molar-refractivity contribution in [1.29, 1.82) is 0 Å². The van der Waals surface area contributed by atoms with E-state index in [0.717, 1.165) is 5.56 Å². The van der Waals surface area contributed by atoms with E-state index in [1.165, 1.54) is 4.31 Å². The van der Waals surface area contributed by atoms with Crippen molar-refractivity contribution < 1.29 is 23.1 Å². The number of aliphatic carboxylic acids is 1. The van der Waals surface area contributed by atoms with Crippen LogP contribution in [0, 0.1) is 18.8 Å². The molecule has 0 radical (unpaired) electrons. The molecule has 2 aliphatic rings. The molecule has 0 bridgehead atoms. The Kier molecular flexibility index (Phi) is 5.86. The number of likely N-dealkylation sites (tertiary alicyclic amines) is 1. The average molecular weight is 394 g/mol. The van der Waals surface area contributed by atoms with Gasteiger partial charge in [0.15, 0.2) is 0 Å². The Hall–Kier alpha value is -1.93. The van der Waals surface area contributed by atoms with E-state index in [4.69, 9.17) is 5.11 Å². The number of rotatable bonds is 4. The van der Waals surface area contributed by atoms with Crippen LogP contribution in [0.2, 0.25) is 0 Å². The van der Waals surface area contributed by atoms with E-state index in [0.29, 0.717) is 51.9 Å². The number of carbonyl (C=O) groups is 2. The highest BCUT2D eigenvalue weighted by atomic mass is 32.2. The molecule has 0 aliphatic carbocycles. The van der Waals surface area contributed by atoms with Gasteiger partial charge in [-0.05, 0) is 44.7 Å². The summed E-state index contributed by atoms with van der Waals surface area (Å²) in [6.07, 6.45) is 1.98. The minimum absolute atomic E-state index is 0.0335. The van der Waals surface area contributed by atoms with Crippen molar-refractivity contribution in [3.05, 3.63) is 29.8 Å². The van der Waals surface area contributed by atoms with E-state index in [9.17, 15) is 18.0 Å². The second kappa shape index (κ2) is 7.98. The van der Waals surface area contributed by atoms with Crippen molar-refractivity contribution in [3.8, 4) is 0 Å². The van der Waals surface area contributed by atoms with Crippen LogP contribution in [-0.2, 0) is 19.6 Å². The fraction of sp³-hybridized carbons (Fsp3) is 0.579. The van der Waals surface area contributed by atoms with Crippen LogP contribution in [0.25, 0.3) is 0 Å². The Balaban J connectivity index is 1.56. The van der Waals surface area contributed by atoms with Gasteiger partial charge in [-0.2, -0.15) is 4.31 Å². The van der Waals surface area contributed by atoms with Gasteiger partial charge in [-0.25, -0.2) is 8.42 Å². The molecule has 1 aromatic rings. The number of aryl methyl sites for hydroxylation is 1. The molecule has 0 spiro atoms. The highest BCUT2D eigenvalue weighted by molar-refractivity contribution is 7.89. The van der Waals surface area contributed by atoms with Gasteiger partial charge in [0.2, 0.25) is 15.9 Å².